The van der Waals surface area contributed by atoms with Crippen LogP contribution < -0.4 is 20.3 Å². The van der Waals surface area contributed by atoms with Gasteiger partial charge in [-0.15, -0.1) is 0 Å². The number of nitrogens with one attached hydrogen (secondary N) is 2. The molecule has 1 saturated heterocycles. The third-order valence-electron chi connectivity index (χ3n) is 6.40. The number of ether oxygens (including phenoxy) is 1. The Balaban J connectivity index is 1.62. The lowest BCUT2D eigenvalue weighted by molar-refractivity contribution is -0.130. The minimum Gasteiger partial charge on any atom is -0.467 e. The summed E-state index contributed by atoms with van der Waals surface area (Å²) >= 11 is 5.69. The number of thiocarbonyl (C=S) groups is 1. The van der Waals surface area contributed by atoms with Gasteiger partial charge >= 0.3 is 0 Å². The lowest BCUT2D eigenvalue weighted by Crippen LogP contribution is -2.72. The van der Waals surface area contributed by atoms with Gasteiger partial charge in [0.1, 0.15) is 17.5 Å². The molecule has 0 aromatic heterocycles. The minimum atomic E-state index is -1.18. The molecule has 1 amide bonds. The van der Waals surface area contributed by atoms with Crippen molar-refractivity contribution in [2.45, 2.75) is 32.5 Å². The third-order valence-corrected chi connectivity index (χ3v) is 6.70. The average molecular weight is 462 g/mol. The Kier molecular flexibility index (Phi) is 5.09. The van der Waals surface area contributed by atoms with Crippen LogP contribution in [0.3, 0.4) is 0 Å². The molecule has 7 heteroatoms. The molecule has 0 aliphatic carbocycles. The fraction of sp³-hybridized carbons (Fsp3) is 0.231. The van der Waals surface area contributed by atoms with Crippen LogP contribution >= 0.6 is 12.2 Å². The van der Waals surface area contributed by atoms with Crippen LogP contribution in [0.15, 0.2) is 66.7 Å². The van der Waals surface area contributed by atoms with Gasteiger partial charge in [0.05, 0.1) is 6.04 Å². The number of nitrogens with zero attached hydrogens (tertiary/aromatic N) is 1. The number of benzene rings is 3. The fourth-order valence-corrected chi connectivity index (χ4v) is 5.31. The standard InChI is InChI=1S/C26H24FN3O2S/c1-15-11-12-20(16(2)13-15)28-24(31)22-23-19-9-4-5-10-21(19)32-26(22,3)30(25(33)29-23)18-8-6-7-17(27)14-18/h4-14,22-23H,1-3H3,(H,28,31)(H,29,33)/t22-,23+,26-/m0/s1. The molecule has 2 aliphatic rings. The average Bonchev–Trinajstić information content (AvgIpc) is 2.75. The maximum absolute atomic E-state index is 14.1. The highest BCUT2D eigenvalue weighted by molar-refractivity contribution is 7.80. The molecule has 33 heavy (non-hydrogen) atoms. The summed E-state index contributed by atoms with van der Waals surface area (Å²) in [5.74, 6) is -0.617. The van der Waals surface area contributed by atoms with Crippen LogP contribution in [-0.2, 0) is 4.79 Å². The molecule has 1 fully saturated rings. The molecule has 3 aromatic carbocycles. The number of carbonyl (C=O) groups is 1. The van der Waals surface area contributed by atoms with Crippen molar-refractivity contribution in [1.82, 2.24) is 5.32 Å². The van der Waals surface area contributed by atoms with Crippen LogP contribution in [0.2, 0.25) is 0 Å². The first-order valence-electron chi connectivity index (χ1n) is 10.8. The van der Waals surface area contributed by atoms with E-state index in [4.69, 9.17) is 17.0 Å². The smallest absolute Gasteiger partial charge is 0.236 e. The van der Waals surface area contributed by atoms with Crippen molar-refractivity contribution in [3.8, 4) is 5.75 Å². The van der Waals surface area contributed by atoms with E-state index in [1.807, 2.05) is 63.2 Å². The Hall–Kier alpha value is -3.45. The summed E-state index contributed by atoms with van der Waals surface area (Å²) in [6.07, 6.45) is 0. The summed E-state index contributed by atoms with van der Waals surface area (Å²) in [6, 6.07) is 19.2. The van der Waals surface area contributed by atoms with Gasteiger partial charge in [-0.1, -0.05) is 42.0 Å². The number of aryl methyl sites for hydroxylation is 2. The molecule has 168 valence electrons. The number of hydrogen-bond donors (Lipinski definition) is 2. The van der Waals surface area contributed by atoms with Crippen LogP contribution in [0.1, 0.15) is 29.7 Å². The van der Waals surface area contributed by atoms with Gasteiger partial charge in [-0.05, 0) is 68.9 Å². The molecule has 2 bridgehead atoms. The van der Waals surface area contributed by atoms with E-state index in [9.17, 15) is 9.18 Å². The first-order chi connectivity index (χ1) is 15.8. The van der Waals surface area contributed by atoms with E-state index in [1.165, 1.54) is 12.1 Å². The van der Waals surface area contributed by atoms with Gasteiger partial charge in [-0.3, -0.25) is 9.69 Å². The second-order valence-electron chi connectivity index (χ2n) is 8.72. The van der Waals surface area contributed by atoms with Crippen LogP contribution in [0.4, 0.5) is 15.8 Å². The predicted molar refractivity (Wildman–Crippen MR) is 131 cm³/mol. The zero-order valence-corrected chi connectivity index (χ0v) is 19.4. The van der Waals surface area contributed by atoms with Gasteiger partial charge in [0.15, 0.2) is 10.8 Å². The summed E-state index contributed by atoms with van der Waals surface area (Å²) < 4.78 is 20.6. The summed E-state index contributed by atoms with van der Waals surface area (Å²) in [5.41, 5.74) is 3.02. The van der Waals surface area contributed by atoms with E-state index in [-0.39, 0.29) is 5.91 Å². The van der Waals surface area contributed by atoms with Crippen molar-refractivity contribution >= 4 is 34.6 Å². The first-order valence-corrected chi connectivity index (χ1v) is 11.2. The van der Waals surface area contributed by atoms with Gasteiger partial charge in [0, 0.05) is 16.9 Å². The molecule has 2 N–H and O–H groups in total. The molecule has 5 nitrogen and oxygen atoms in total. The first kappa shape index (κ1) is 21.4. The number of halogens is 1. The molecule has 5 rings (SSSR count). The normalized spacial score (nSPS) is 23.3. The van der Waals surface area contributed by atoms with E-state index in [2.05, 4.69) is 10.6 Å². The summed E-state index contributed by atoms with van der Waals surface area (Å²) in [4.78, 5) is 15.5. The molecule has 3 aromatic rings. The summed E-state index contributed by atoms with van der Waals surface area (Å²) in [7, 11) is 0. The third kappa shape index (κ3) is 3.53. The maximum atomic E-state index is 14.1. The number of fused-ring (bicyclic) bond motifs is 4. The zero-order chi connectivity index (χ0) is 23.3. The van der Waals surface area contributed by atoms with Crippen LogP contribution in [0.5, 0.6) is 5.75 Å². The number of rotatable bonds is 3. The van der Waals surface area contributed by atoms with Crippen molar-refractivity contribution in [2.24, 2.45) is 5.92 Å². The molecule has 3 atom stereocenters. The zero-order valence-electron chi connectivity index (χ0n) is 18.6. The SMILES string of the molecule is Cc1ccc(NC(=O)[C@@H]2[C@@H]3NC(=S)N(c4cccc(F)c4)[C@@]2(C)Oc2ccccc23)c(C)c1. The van der Waals surface area contributed by atoms with Gasteiger partial charge in [-0.25, -0.2) is 4.39 Å². The lowest BCUT2D eigenvalue weighted by atomic mass is 9.78. The van der Waals surface area contributed by atoms with E-state index >= 15 is 0 Å². The van der Waals surface area contributed by atoms with Crippen LogP contribution in [-0.4, -0.2) is 16.7 Å². The molecular formula is C26H24FN3O2S. The number of para-hydroxylation sites is 1. The van der Waals surface area contributed by atoms with Crippen molar-refractivity contribution in [1.29, 1.82) is 0 Å². The molecule has 2 heterocycles. The lowest BCUT2D eigenvalue weighted by Gasteiger charge is -2.56. The molecule has 0 radical (unpaired) electrons. The number of hydrogen-bond acceptors (Lipinski definition) is 3. The van der Waals surface area contributed by atoms with Crippen molar-refractivity contribution < 1.29 is 13.9 Å². The predicted octanol–water partition coefficient (Wildman–Crippen LogP) is 5.24. The Morgan fingerprint density at radius 2 is 1.91 bits per heavy atom. The Morgan fingerprint density at radius 3 is 2.67 bits per heavy atom. The minimum absolute atomic E-state index is 0.208. The molecule has 2 aliphatic heterocycles. The van der Waals surface area contributed by atoms with Crippen molar-refractivity contribution in [3.63, 3.8) is 0 Å². The Bertz CT molecular complexity index is 1280. The van der Waals surface area contributed by atoms with E-state index in [0.717, 1.165) is 22.4 Å². The summed E-state index contributed by atoms with van der Waals surface area (Å²) in [5, 5.41) is 6.79. The maximum Gasteiger partial charge on any atom is 0.236 e. The van der Waals surface area contributed by atoms with E-state index < -0.39 is 23.5 Å². The highest BCUT2D eigenvalue weighted by atomic mass is 32.1. The van der Waals surface area contributed by atoms with Gasteiger partial charge in [0.25, 0.3) is 0 Å². The summed E-state index contributed by atoms with van der Waals surface area (Å²) in [6.45, 7) is 5.81. The number of amides is 1. The van der Waals surface area contributed by atoms with E-state index in [1.54, 1.807) is 17.0 Å². The largest absolute Gasteiger partial charge is 0.467 e. The number of carbonyl (C=O) groups excluding carboxylic acids is 1. The highest BCUT2D eigenvalue weighted by Gasteiger charge is 2.59. The van der Waals surface area contributed by atoms with E-state index in [0.29, 0.717) is 16.5 Å². The second-order valence-corrected chi connectivity index (χ2v) is 9.11. The van der Waals surface area contributed by atoms with Crippen molar-refractivity contribution in [2.75, 3.05) is 10.2 Å². The molecule has 0 saturated carbocycles. The van der Waals surface area contributed by atoms with Gasteiger partial charge < -0.3 is 15.4 Å². The highest BCUT2D eigenvalue weighted by Crippen LogP contribution is 2.49. The Labute approximate surface area is 197 Å². The second kappa shape index (κ2) is 7.85. The number of anilines is 2. The fourth-order valence-electron chi connectivity index (χ4n) is 4.90. The molecule has 0 spiro atoms. The molecular weight excluding hydrogens is 437 g/mol. The van der Waals surface area contributed by atoms with Crippen molar-refractivity contribution in [3.05, 3.63) is 89.2 Å². The van der Waals surface area contributed by atoms with Crippen LogP contribution in [0, 0.1) is 25.6 Å². The molecule has 0 unspecified atom stereocenters. The monoisotopic (exact) mass is 461 g/mol. The van der Waals surface area contributed by atoms with Crippen LogP contribution in [0.25, 0.3) is 0 Å². The topological polar surface area (TPSA) is 53.6 Å². The quantitative estimate of drug-likeness (QED) is 0.523. The Morgan fingerprint density at radius 1 is 1.12 bits per heavy atom. The van der Waals surface area contributed by atoms with Gasteiger partial charge in [0.2, 0.25) is 5.91 Å². The van der Waals surface area contributed by atoms with Gasteiger partial charge in [-0.2, -0.15) is 0 Å².